The summed E-state index contributed by atoms with van der Waals surface area (Å²) >= 11 is 0. The van der Waals surface area contributed by atoms with E-state index in [0.717, 1.165) is 6.42 Å². The first-order chi connectivity index (χ1) is 4.42. The van der Waals surface area contributed by atoms with Crippen LogP contribution in [0.5, 0.6) is 0 Å². The van der Waals surface area contributed by atoms with Gasteiger partial charge < -0.3 is 4.90 Å². The van der Waals surface area contributed by atoms with Crippen LogP contribution < -0.4 is 0 Å². The second-order valence-electron chi connectivity index (χ2n) is 2.78. The highest BCUT2D eigenvalue weighted by atomic mass is 15.2. The van der Waals surface area contributed by atoms with Gasteiger partial charge in [0.15, 0.2) is 6.19 Å². The first-order valence-corrected chi connectivity index (χ1v) is 3.43. The monoisotopic (exact) mass is 121 g/mol. The zero-order chi connectivity index (χ0) is 6.27. The van der Waals surface area contributed by atoms with Crippen molar-refractivity contribution in [2.75, 3.05) is 0 Å². The van der Waals surface area contributed by atoms with Gasteiger partial charge in [-0.1, -0.05) is 0 Å². The van der Waals surface area contributed by atoms with Crippen molar-refractivity contribution in [1.82, 2.24) is 4.90 Å². The third-order valence-electron chi connectivity index (χ3n) is 2.34. The number of nitrogens with zero attached hydrogens (tertiary/aromatic N) is 2. The van der Waals surface area contributed by atoms with E-state index in [2.05, 4.69) is 12.6 Å². The summed E-state index contributed by atoms with van der Waals surface area (Å²) in [5.41, 5.74) is 0. The molecule has 2 atom stereocenters. The van der Waals surface area contributed by atoms with Crippen LogP contribution in [0.4, 0.5) is 0 Å². The molecule has 0 amide bonds. The van der Waals surface area contributed by atoms with E-state index < -0.39 is 0 Å². The fraction of sp³-hybridized carbons (Fsp3) is 0.714. The van der Waals surface area contributed by atoms with Crippen molar-refractivity contribution in [3.05, 3.63) is 6.42 Å². The quantitative estimate of drug-likeness (QED) is 0.445. The largest absolute Gasteiger partial charge is 0.304 e. The molecule has 0 aliphatic carbocycles. The summed E-state index contributed by atoms with van der Waals surface area (Å²) in [6.45, 7) is 0. The lowest BCUT2D eigenvalue weighted by molar-refractivity contribution is 0.379. The first-order valence-electron chi connectivity index (χ1n) is 3.43. The van der Waals surface area contributed by atoms with E-state index in [0.29, 0.717) is 12.1 Å². The minimum Gasteiger partial charge on any atom is -0.304 e. The summed E-state index contributed by atoms with van der Waals surface area (Å²) in [5, 5.41) is 8.60. The lowest BCUT2D eigenvalue weighted by Crippen LogP contribution is -2.22. The predicted octanol–water partition coefficient (Wildman–Crippen LogP) is 0.908. The Labute approximate surface area is 55.1 Å². The first kappa shape index (κ1) is 5.10. The summed E-state index contributed by atoms with van der Waals surface area (Å²) in [6.07, 6.45) is 8.06. The average molecular weight is 121 g/mol. The topological polar surface area (TPSA) is 27.0 Å². The van der Waals surface area contributed by atoms with Crippen LogP contribution in [-0.4, -0.2) is 17.0 Å². The summed E-state index contributed by atoms with van der Waals surface area (Å²) < 4.78 is 0. The van der Waals surface area contributed by atoms with Crippen LogP contribution in [-0.2, 0) is 0 Å². The fourth-order valence-corrected chi connectivity index (χ4v) is 1.84. The standard InChI is InChI=1S/C7H9N2/c8-5-9-6-1-2-7(9)4-3-6/h1,6-7H,2-4H2. The molecule has 2 saturated heterocycles. The lowest BCUT2D eigenvalue weighted by atomic mass is 10.0. The highest BCUT2D eigenvalue weighted by Crippen LogP contribution is 2.35. The molecule has 2 rings (SSSR count). The summed E-state index contributed by atoms with van der Waals surface area (Å²) in [4.78, 5) is 1.93. The molecular formula is C7H9N2. The molecule has 2 aliphatic heterocycles. The Morgan fingerprint density at radius 2 is 2.44 bits per heavy atom. The summed E-state index contributed by atoms with van der Waals surface area (Å²) in [5.74, 6) is 0. The van der Waals surface area contributed by atoms with Gasteiger partial charge >= 0.3 is 0 Å². The van der Waals surface area contributed by atoms with Gasteiger partial charge in [0.25, 0.3) is 0 Å². The molecule has 0 aromatic heterocycles. The molecule has 1 radical (unpaired) electrons. The average Bonchev–Trinajstić information content (AvgIpc) is 2.44. The van der Waals surface area contributed by atoms with Crippen LogP contribution in [0.2, 0.25) is 0 Å². The molecule has 9 heavy (non-hydrogen) atoms. The number of fused-ring (bicyclic) bond motifs is 2. The normalized spacial score (nSPS) is 39.2. The molecule has 0 N–H and O–H groups in total. The van der Waals surface area contributed by atoms with Crippen molar-refractivity contribution in [3.8, 4) is 6.19 Å². The molecule has 2 fully saturated rings. The fourth-order valence-electron chi connectivity index (χ4n) is 1.84. The second kappa shape index (κ2) is 1.63. The van der Waals surface area contributed by atoms with Gasteiger partial charge in [0.05, 0.1) is 0 Å². The molecule has 0 aromatic carbocycles. The van der Waals surface area contributed by atoms with Crippen LogP contribution in [0.25, 0.3) is 0 Å². The highest BCUT2D eigenvalue weighted by Gasteiger charge is 2.38. The van der Waals surface area contributed by atoms with Gasteiger partial charge in [0.2, 0.25) is 0 Å². The van der Waals surface area contributed by atoms with Gasteiger partial charge in [0, 0.05) is 12.1 Å². The smallest absolute Gasteiger partial charge is 0.179 e. The van der Waals surface area contributed by atoms with E-state index in [4.69, 9.17) is 5.26 Å². The molecule has 47 valence electrons. The van der Waals surface area contributed by atoms with Gasteiger partial charge in [-0.15, -0.1) is 0 Å². The summed E-state index contributed by atoms with van der Waals surface area (Å²) in [6, 6.07) is 1.07. The lowest BCUT2D eigenvalue weighted by Gasteiger charge is -2.11. The van der Waals surface area contributed by atoms with Crippen LogP contribution in [0, 0.1) is 17.9 Å². The molecule has 0 spiro atoms. The van der Waals surface area contributed by atoms with E-state index in [1.807, 2.05) is 4.90 Å². The molecule has 2 unspecified atom stereocenters. The molecule has 2 aliphatic rings. The molecule has 2 bridgehead atoms. The molecule has 0 saturated carbocycles. The van der Waals surface area contributed by atoms with Gasteiger partial charge in [-0.05, 0) is 25.7 Å². The second-order valence-corrected chi connectivity index (χ2v) is 2.78. The highest BCUT2D eigenvalue weighted by molar-refractivity contribution is 5.09. The number of nitriles is 1. The number of rotatable bonds is 0. The van der Waals surface area contributed by atoms with Gasteiger partial charge in [-0.3, -0.25) is 0 Å². The van der Waals surface area contributed by atoms with E-state index in [9.17, 15) is 0 Å². The third-order valence-corrected chi connectivity index (χ3v) is 2.34. The van der Waals surface area contributed by atoms with Crippen molar-refractivity contribution >= 4 is 0 Å². The van der Waals surface area contributed by atoms with Gasteiger partial charge in [0.1, 0.15) is 0 Å². The maximum absolute atomic E-state index is 8.60. The molecule has 2 nitrogen and oxygen atoms in total. The van der Waals surface area contributed by atoms with E-state index in [1.165, 1.54) is 12.8 Å². The zero-order valence-electron chi connectivity index (χ0n) is 5.25. The number of hydrogen-bond donors (Lipinski definition) is 0. The van der Waals surface area contributed by atoms with Gasteiger partial charge in [-0.25, -0.2) is 0 Å². The van der Waals surface area contributed by atoms with Crippen LogP contribution in [0.1, 0.15) is 19.3 Å². The molecule has 2 heteroatoms. The third kappa shape index (κ3) is 0.548. The molecular weight excluding hydrogens is 112 g/mol. The van der Waals surface area contributed by atoms with Crippen LogP contribution >= 0.6 is 0 Å². The van der Waals surface area contributed by atoms with Crippen LogP contribution in [0.15, 0.2) is 0 Å². The molecule has 2 heterocycles. The van der Waals surface area contributed by atoms with Crippen molar-refractivity contribution in [3.63, 3.8) is 0 Å². The van der Waals surface area contributed by atoms with Crippen molar-refractivity contribution < 1.29 is 0 Å². The number of hydrogen-bond acceptors (Lipinski definition) is 2. The summed E-state index contributed by atoms with van der Waals surface area (Å²) in [7, 11) is 0. The Bertz CT molecular complexity index is 139. The maximum atomic E-state index is 8.60. The Balaban J connectivity index is 2.19. The Hall–Kier alpha value is -0.710. The van der Waals surface area contributed by atoms with Crippen molar-refractivity contribution in [2.24, 2.45) is 0 Å². The zero-order valence-corrected chi connectivity index (χ0v) is 5.25. The Morgan fingerprint density at radius 3 is 2.67 bits per heavy atom. The van der Waals surface area contributed by atoms with Crippen LogP contribution in [0.3, 0.4) is 0 Å². The minimum atomic E-state index is 0.500. The predicted molar refractivity (Wildman–Crippen MR) is 33.2 cm³/mol. The van der Waals surface area contributed by atoms with E-state index in [-0.39, 0.29) is 0 Å². The molecule has 0 aromatic rings. The Kier molecular flexibility index (Phi) is 0.926. The Morgan fingerprint density at radius 1 is 1.56 bits per heavy atom. The maximum Gasteiger partial charge on any atom is 0.179 e. The van der Waals surface area contributed by atoms with Crippen molar-refractivity contribution in [2.45, 2.75) is 31.3 Å². The van der Waals surface area contributed by atoms with Crippen molar-refractivity contribution in [1.29, 1.82) is 5.26 Å². The van der Waals surface area contributed by atoms with Gasteiger partial charge in [-0.2, -0.15) is 5.26 Å². The van der Waals surface area contributed by atoms with E-state index >= 15 is 0 Å². The SMILES string of the molecule is N#CN1C2[CH]CC1CC2. The minimum absolute atomic E-state index is 0.500. The van der Waals surface area contributed by atoms with E-state index in [1.54, 1.807) is 0 Å².